The summed E-state index contributed by atoms with van der Waals surface area (Å²) >= 11 is 0. The number of aliphatic hydroxyl groups excluding tert-OH is 1. The smallest absolute Gasteiger partial charge is 0.232 e. The molecular weight excluding hydrogens is 304 g/mol. The summed E-state index contributed by atoms with van der Waals surface area (Å²) in [5.41, 5.74) is 0.530. The van der Waals surface area contributed by atoms with Crippen molar-refractivity contribution in [3.8, 4) is 0 Å². The first-order chi connectivity index (χ1) is 11.4. The monoisotopic (exact) mass is 334 g/mol. The highest BCUT2D eigenvalue weighted by Gasteiger charge is 2.35. The summed E-state index contributed by atoms with van der Waals surface area (Å²) in [7, 11) is 0. The third kappa shape index (κ3) is 4.79. The minimum Gasteiger partial charge on any atom is -0.389 e. The zero-order valence-corrected chi connectivity index (χ0v) is 15.1. The molecule has 0 unspecified atom stereocenters. The summed E-state index contributed by atoms with van der Waals surface area (Å²) in [5.74, 6) is 0.170. The van der Waals surface area contributed by atoms with E-state index in [-0.39, 0.29) is 5.91 Å². The van der Waals surface area contributed by atoms with Crippen LogP contribution in [0.1, 0.15) is 26.3 Å². The van der Waals surface area contributed by atoms with Crippen molar-refractivity contribution >= 4 is 5.91 Å². The molecule has 1 saturated heterocycles. The number of aliphatic hydroxyl groups is 1. The molecule has 1 fully saturated rings. The number of hydrogen-bond donors (Lipinski definition) is 1. The van der Waals surface area contributed by atoms with Crippen LogP contribution in [0.2, 0.25) is 0 Å². The number of carbonyl (C=O) groups excluding carboxylic acids is 1. The quantitative estimate of drug-likeness (QED) is 0.821. The van der Waals surface area contributed by atoms with Gasteiger partial charge in [-0.2, -0.15) is 0 Å². The zero-order chi connectivity index (χ0) is 17.6. The molecule has 24 heavy (non-hydrogen) atoms. The van der Waals surface area contributed by atoms with E-state index in [1.807, 2.05) is 56.0 Å². The van der Waals surface area contributed by atoms with Crippen molar-refractivity contribution in [1.82, 2.24) is 9.80 Å². The van der Waals surface area contributed by atoms with Crippen LogP contribution in [0.15, 0.2) is 30.3 Å². The third-order valence-corrected chi connectivity index (χ3v) is 4.67. The Balaban J connectivity index is 1.86. The van der Waals surface area contributed by atoms with Crippen molar-refractivity contribution in [3.05, 3.63) is 35.9 Å². The summed E-state index contributed by atoms with van der Waals surface area (Å²) in [6, 6.07) is 9.94. The molecule has 1 heterocycles. The van der Waals surface area contributed by atoms with Crippen molar-refractivity contribution < 1.29 is 14.6 Å². The predicted octanol–water partition coefficient (Wildman–Crippen LogP) is 1.51. The molecular formula is C19H30N2O3. The summed E-state index contributed by atoms with van der Waals surface area (Å²) in [5, 5.41) is 9.94. The topological polar surface area (TPSA) is 53.0 Å². The Kier molecular flexibility index (Phi) is 6.78. The van der Waals surface area contributed by atoms with Gasteiger partial charge < -0.3 is 14.7 Å². The number of benzene rings is 1. The molecule has 5 nitrogen and oxygen atoms in total. The Labute approximate surface area is 145 Å². The number of ether oxygens (including phenoxy) is 1. The zero-order valence-electron chi connectivity index (χ0n) is 15.1. The van der Waals surface area contributed by atoms with Crippen molar-refractivity contribution in [2.24, 2.45) is 0 Å². The van der Waals surface area contributed by atoms with E-state index < -0.39 is 11.5 Å². The van der Waals surface area contributed by atoms with E-state index in [4.69, 9.17) is 4.74 Å². The van der Waals surface area contributed by atoms with Crippen LogP contribution in [0.3, 0.4) is 0 Å². The Bertz CT molecular complexity index is 511. The molecule has 1 N–H and O–H groups in total. The standard InChI is InChI=1S/C19H30N2O3/c1-4-24-15-17(22)14-20-10-12-21(13-11-20)18(23)19(2,3)16-8-6-5-7-9-16/h5-9,17,22H,4,10-15H2,1-3H3/t17-/m0/s1. The highest BCUT2D eigenvalue weighted by Crippen LogP contribution is 2.26. The van der Waals surface area contributed by atoms with Crippen LogP contribution in [-0.4, -0.2) is 72.9 Å². The molecule has 0 radical (unpaired) electrons. The molecule has 134 valence electrons. The first-order valence-corrected chi connectivity index (χ1v) is 8.78. The lowest BCUT2D eigenvalue weighted by Crippen LogP contribution is -2.54. The maximum Gasteiger partial charge on any atom is 0.232 e. The van der Waals surface area contributed by atoms with Gasteiger partial charge in [-0.3, -0.25) is 9.69 Å². The number of nitrogens with zero attached hydrogens (tertiary/aromatic N) is 2. The van der Waals surface area contributed by atoms with E-state index >= 15 is 0 Å². The van der Waals surface area contributed by atoms with Gasteiger partial charge in [0.05, 0.1) is 18.1 Å². The second-order valence-electron chi connectivity index (χ2n) is 6.90. The number of β-amino-alcohol motifs (C(OH)–C–C–N with tert-alkyl or cyclic N) is 1. The van der Waals surface area contributed by atoms with Crippen LogP contribution in [-0.2, 0) is 14.9 Å². The molecule has 0 saturated carbocycles. The van der Waals surface area contributed by atoms with Gasteiger partial charge in [0.25, 0.3) is 0 Å². The minimum absolute atomic E-state index is 0.170. The van der Waals surface area contributed by atoms with Crippen molar-refractivity contribution in [2.45, 2.75) is 32.3 Å². The van der Waals surface area contributed by atoms with Gasteiger partial charge in [0.15, 0.2) is 0 Å². The van der Waals surface area contributed by atoms with Crippen molar-refractivity contribution in [2.75, 3.05) is 45.9 Å². The number of hydrogen-bond acceptors (Lipinski definition) is 4. The van der Waals surface area contributed by atoms with E-state index in [1.165, 1.54) is 0 Å². The van der Waals surface area contributed by atoms with Crippen molar-refractivity contribution in [3.63, 3.8) is 0 Å². The molecule has 1 aliphatic heterocycles. The van der Waals surface area contributed by atoms with E-state index in [0.29, 0.717) is 32.8 Å². The number of amides is 1. The average molecular weight is 334 g/mol. The molecule has 5 heteroatoms. The fourth-order valence-corrected chi connectivity index (χ4v) is 3.11. The summed E-state index contributed by atoms with van der Waals surface area (Å²) < 4.78 is 5.25. The molecule has 2 rings (SSSR count). The number of carbonyl (C=O) groups is 1. The summed E-state index contributed by atoms with van der Waals surface area (Å²) in [6.45, 7) is 10.5. The molecule has 0 aliphatic carbocycles. The maximum atomic E-state index is 12.9. The van der Waals surface area contributed by atoms with Crippen LogP contribution in [0.4, 0.5) is 0 Å². The van der Waals surface area contributed by atoms with Crippen LogP contribution in [0, 0.1) is 0 Å². The lowest BCUT2D eigenvalue weighted by Gasteiger charge is -2.39. The fraction of sp³-hybridized carbons (Fsp3) is 0.632. The van der Waals surface area contributed by atoms with E-state index in [1.54, 1.807) is 0 Å². The SMILES string of the molecule is CCOC[C@@H](O)CN1CCN(C(=O)C(C)(C)c2ccccc2)CC1. The van der Waals surface area contributed by atoms with Gasteiger partial charge in [-0.1, -0.05) is 30.3 Å². The van der Waals surface area contributed by atoms with Crippen LogP contribution >= 0.6 is 0 Å². The Hall–Kier alpha value is -1.43. The number of rotatable bonds is 7. The van der Waals surface area contributed by atoms with E-state index in [2.05, 4.69) is 4.90 Å². The largest absolute Gasteiger partial charge is 0.389 e. The first kappa shape index (κ1) is 18.9. The van der Waals surface area contributed by atoms with Gasteiger partial charge in [0.2, 0.25) is 5.91 Å². The molecule has 0 bridgehead atoms. The normalized spacial score (nSPS) is 17.8. The predicted molar refractivity (Wildman–Crippen MR) is 95.0 cm³/mol. The summed E-state index contributed by atoms with van der Waals surface area (Å²) in [6.07, 6.45) is -0.465. The lowest BCUT2D eigenvalue weighted by molar-refractivity contribution is -0.138. The Morgan fingerprint density at radius 3 is 2.42 bits per heavy atom. The first-order valence-electron chi connectivity index (χ1n) is 8.78. The Morgan fingerprint density at radius 1 is 1.21 bits per heavy atom. The molecule has 1 amide bonds. The maximum absolute atomic E-state index is 12.9. The minimum atomic E-state index is -0.516. The van der Waals surface area contributed by atoms with E-state index in [9.17, 15) is 9.90 Å². The third-order valence-electron chi connectivity index (χ3n) is 4.67. The molecule has 1 aromatic carbocycles. The van der Waals surface area contributed by atoms with E-state index in [0.717, 1.165) is 18.7 Å². The molecule has 1 aromatic rings. The van der Waals surface area contributed by atoms with Gasteiger partial charge in [0.1, 0.15) is 0 Å². The highest BCUT2D eigenvalue weighted by molar-refractivity contribution is 5.87. The Morgan fingerprint density at radius 2 is 1.83 bits per heavy atom. The highest BCUT2D eigenvalue weighted by atomic mass is 16.5. The second-order valence-corrected chi connectivity index (χ2v) is 6.90. The van der Waals surface area contributed by atoms with Crippen LogP contribution in [0.25, 0.3) is 0 Å². The average Bonchev–Trinajstić information content (AvgIpc) is 2.60. The molecule has 1 atom stereocenters. The van der Waals surface area contributed by atoms with Gasteiger partial charge in [-0.05, 0) is 26.3 Å². The summed E-state index contributed by atoms with van der Waals surface area (Å²) in [4.78, 5) is 17.1. The fourth-order valence-electron chi connectivity index (χ4n) is 3.11. The van der Waals surface area contributed by atoms with Gasteiger partial charge in [-0.15, -0.1) is 0 Å². The van der Waals surface area contributed by atoms with Crippen LogP contribution < -0.4 is 0 Å². The molecule has 1 aliphatic rings. The van der Waals surface area contributed by atoms with Gasteiger partial charge >= 0.3 is 0 Å². The second kappa shape index (κ2) is 8.60. The van der Waals surface area contributed by atoms with Crippen LogP contribution in [0.5, 0.6) is 0 Å². The van der Waals surface area contributed by atoms with Crippen molar-refractivity contribution in [1.29, 1.82) is 0 Å². The molecule has 0 aromatic heterocycles. The lowest BCUT2D eigenvalue weighted by atomic mass is 9.83. The molecule has 0 spiro atoms. The number of piperazine rings is 1. The van der Waals surface area contributed by atoms with Gasteiger partial charge in [-0.25, -0.2) is 0 Å². The van der Waals surface area contributed by atoms with Gasteiger partial charge in [0, 0.05) is 39.3 Å².